The van der Waals surface area contributed by atoms with Crippen LogP contribution >= 0.6 is 23.6 Å². The molecule has 0 radical (unpaired) electrons. The second-order valence-corrected chi connectivity index (χ2v) is 8.44. The van der Waals surface area contributed by atoms with E-state index in [1.165, 1.54) is 24.2 Å². The van der Waals surface area contributed by atoms with Crippen LogP contribution in [0.15, 0.2) is 24.3 Å². The van der Waals surface area contributed by atoms with Gasteiger partial charge in [-0.25, -0.2) is 0 Å². The van der Waals surface area contributed by atoms with Gasteiger partial charge in [0, 0.05) is 10.7 Å². The van der Waals surface area contributed by atoms with E-state index in [9.17, 15) is 4.79 Å². The topological polar surface area (TPSA) is 53.2 Å². The summed E-state index contributed by atoms with van der Waals surface area (Å²) in [4.78, 5) is 13.2. The van der Waals surface area contributed by atoms with Crippen molar-refractivity contribution in [3.8, 4) is 0 Å². The van der Waals surface area contributed by atoms with E-state index in [4.69, 9.17) is 12.2 Å². The van der Waals surface area contributed by atoms with Crippen molar-refractivity contribution in [1.29, 1.82) is 0 Å². The van der Waals surface area contributed by atoms with Crippen LogP contribution in [0.3, 0.4) is 0 Å². The average Bonchev–Trinajstić information content (AvgIpc) is 2.94. The van der Waals surface area contributed by atoms with Crippen molar-refractivity contribution in [1.82, 2.24) is 16.2 Å². The molecule has 1 fully saturated rings. The molecular weight excluding hydrogens is 350 g/mol. The fraction of sp³-hybridized carbons (Fsp3) is 0.474. The monoisotopic (exact) mass is 375 g/mol. The van der Waals surface area contributed by atoms with Crippen LogP contribution < -0.4 is 16.2 Å². The Balaban J connectivity index is 1.58. The van der Waals surface area contributed by atoms with Crippen LogP contribution in [0.25, 0.3) is 10.1 Å². The van der Waals surface area contributed by atoms with Crippen molar-refractivity contribution >= 4 is 44.7 Å². The molecule has 1 aromatic carbocycles. The van der Waals surface area contributed by atoms with Crippen molar-refractivity contribution < 1.29 is 4.79 Å². The van der Waals surface area contributed by atoms with E-state index in [1.54, 1.807) is 0 Å². The Hall–Kier alpha value is -1.66. The average molecular weight is 376 g/mol. The van der Waals surface area contributed by atoms with Gasteiger partial charge in [0.15, 0.2) is 5.11 Å². The number of nitrogens with one attached hydrogen (secondary N) is 3. The number of hydrazine groups is 1. The van der Waals surface area contributed by atoms with E-state index >= 15 is 0 Å². The quantitative estimate of drug-likeness (QED) is 0.545. The highest BCUT2D eigenvalue weighted by Crippen LogP contribution is 2.30. The third kappa shape index (κ3) is 3.96. The number of thiophene rings is 1. The van der Waals surface area contributed by atoms with Crippen LogP contribution in [0.5, 0.6) is 0 Å². The van der Waals surface area contributed by atoms with Gasteiger partial charge in [0.2, 0.25) is 0 Å². The molecule has 3 N–H and O–H groups in total. The van der Waals surface area contributed by atoms with Crippen molar-refractivity contribution in [2.24, 2.45) is 11.8 Å². The SMILES string of the molecule is Cc1c(C(=O)NNC(=S)N[C@@H]2CCC[C@H](C)[C@@H]2C)sc2ccccc12. The highest BCUT2D eigenvalue weighted by molar-refractivity contribution is 7.80. The Labute approximate surface area is 158 Å². The fourth-order valence-electron chi connectivity index (χ4n) is 3.55. The molecule has 25 heavy (non-hydrogen) atoms. The minimum atomic E-state index is -0.145. The first-order valence-corrected chi connectivity index (χ1v) is 10.0. The van der Waals surface area contributed by atoms with Gasteiger partial charge in [-0.3, -0.25) is 15.6 Å². The van der Waals surface area contributed by atoms with Gasteiger partial charge in [0.1, 0.15) is 0 Å². The summed E-state index contributed by atoms with van der Waals surface area (Å²) in [5.74, 6) is 1.13. The van der Waals surface area contributed by atoms with E-state index in [1.807, 2.05) is 31.2 Å². The lowest BCUT2D eigenvalue weighted by Gasteiger charge is -2.35. The standard InChI is InChI=1S/C19H25N3OS2/c1-11-7-6-9-15(12(11)2)20-19(24)22-21-18(23)17-13(3)14-8-4-5-10-16(14)25-17/h4-5,8,10-12,15H,6-7,9H2,1-3H3,(H,21,23)(H2,20,22,24)/t11-,12-,15+/m0/s1. The number of rotatable bonds is 2. The molecule has 1 heterocycles. The molecular formula is C19H25N3OS2. The Bertz CT molecular complexity index is 786. The number of hydrogen-bond donors (Lipinski definition) is 3. The number of benzene rings is 1. The van der Waals surface area contributed by atoms with Crippen LogP contribution in [-0.4, -0.2) is 17.1 Å². The van der Waals surface area contributed by atoms with Crippen LogP contribution in [0.4, 0.5) is 0 Å². The number of fused-ring (bicyclic) bond motifs is 1. The number of carbonyl (C=O) groups excluding carboxylic acids is 1. The number of hydrogen-bond acceptors (Lipinski definition) is 3. The van der Waals surface area contributed by atoms with Crippen LogP contribution in [-0.2, 0) is 0 Å². The summed E-state index contributed by atoms with van der Waals surface area (Å²) in [5.41, 5.74) is 6.60. The zero-order valence-electron chi connectivity index (χ0n) is 14.9. The lowest BCUT2D eigenvalue weighted by Crippen LogP contribution is -2.52. The Kier molecular flexibility index (Phi) is 5.59. The summed E-state index contributed by atoms with van der Waals surface area (Å²) < 4.78 is 1.12. The van der Waals surface area contributed by atoms with Gasteiger partial charge in [0.05, 0.1) is 4.88 Å². The Morgan fingerprint density at radius 2 is 1.96 bits per heavy atom. The van der Waals surface area contributed by atoms with E-state index in [0.29, 0.717) is 23.0 Å². The maximum absolute atomic E-state index is 12.5. The molecule has 2 aromatic rings. The van der Waals surface area contributed by atoms with Crippen LogP contribution in [0.2, 0.25) is 0 Å². The molecule has 0 bridgehead atoms. The molecule has 1 saturated carbocycles. The van der Waals surface area contributed by atoms with Crippen LogP contribution in [0, 0.1) is 18.8 Å². The van der Waals surface area contributed by atoms with Crippen LogP contribution in [0.1, 0.15) is 48.3 Å². The molecule has 1 aliphatic carbocycles. The van der Waals surface area contributed by atoms with Gasteiger partial charge in [-0.2, -0.15) is 0 Å². The zero-order chi connectivity index (χ0) is 18.0. The summed E-state index contributed by atoms with van der Waals surface area (Å²) in [6.07, 6.45) is 3.62. The van der Waals surface area contributed by atoms with E-state index in [-0.39, 0.29) is 5.91 Å². The normalized spacial score (nSPS) is 23.2. The molecule has 0 spiro atoms. The second kappa shape index (κ2) is 7.70. The van der Waals surface area contributed by atoms with Crippen molar-refractivity contribution in [3.63, 3.8) is 0 Å². The van der Waals surface area contributed by atoms with Gasteiger partial charge in [-0.15, -0.1) is 11.3 Å². The predicted octanol–water partition coefficient (Wildman–Crippen LogP) is 4.14. The third-order valence-corrected chi connectivity index (χ3v) is 6.85. The maximum atomic E-state index is 12.5. The first kappa shape index (κ1) is 18.1. The van der Waals surface area contributed by atoms with E-state index < -0.39 is 0 Å². The summed E-state index contributed by atoms with van der Waals surface area (Å²) in [6.45, 7) is 6.54. The molecule has 134 valence electrons. The summed E-state index contributed by atoms with van der Waals surface area (Å²) >= 11 is 6.86. The zero-order valence-corrected chi connectivity index (χ0v) is 16.5. The second-order valence-electron chi connectivity index (χ2n) is 6.98. The summed E-state index contributed by atoms with van der Waals surface area (Å²) in [7, 11) is 0. The third-order valence-electron chi connectivity index (χ3n) is 5.36. The first-order valence-electron chi connectivity index (χ1n) is 8.82. The highest BCUT2D eigenvalue weighted by Gasteiger charge is 2.27. The molecule has 0 aliphatic heterocycles. The number of carbonyl (C=O) groups is 1. The highest BCUT2D eigenvalue weighted by atomic mass is 32.1. The molecule has 3 atom stereocenters. The minimum Gasteiger partial charge on any atom is -0.358 e. The lowest BCUT2D eigenvalue weighted by atomic mass is 9.78. The lowest BCUT2D eigenvalue weighted by molar-refractivity contribution is 0.0947. The summed E-state index contributed by atoms with van der Waals surface area (Å²) in [5, 5.41) is 4.97. The van der Waals surface area contributed by atoms with Crippen molar-refractivity contribution in [3.05, 3.63) is 34.7 Å². The van der Waals surface area contributed by atoms with Gasteiger partial charge < -0.3 is 5.32 Å². The maximum Gasteiger partial charge on any atom is 0.280 e. The molecule has 0 unspecified atom stereocenters. The van der Waals surface area contributed by atoms with Crippen molar-refractivity contribution in [2.75, 3.05) is 0 Å². The summed E-state index contributed by atoms with van der Waals surface area (Å²) in [6, 6.07) is 8.43. The Morgan fingerprint density at radius 1 is 1.20 bits per heavy atom. The molecule has 3 rings (SSSR count). The number of aryl methyl sites for hydroxylation is 1. The largest absolute Gasteiger partial charge is 0.358 e. The van der Waals surface area contributed by atoms with Gasteiger partial charge in [-0.1, -0.05) is 44.9 Å². The first-order chi connectivity index (χ1) is 12.0. The predicted molar refractivity (Wildman–Crippen MR) is 109 cm³/mol. The molecule has 6 heteroatoms. The van der Waals surface area contributed by atoms with Gasteiger partial charge >= 0.3 is 0 Å². The molecule has 0 saturated heterocycles. The van der Waals surface area contributed by atoms with Gasteiger partial charge in [0.25, 0.3) is 5.91 Å². The van der Waals surface area contributed by atoms with E-state index in [2.05, 4.69) is 30.0 Å². The molecule has 1 amide bonds. The van der Waals surface area contributed by atoms with Crippen molar-refractivity contribution in [2.45, 2.75) is 46.1 Å². The molecule has 1 aromatic heterocycles. The number of thiocarbonyl (C=S) groups is 1. The Morgan fingerprint density at radius 3 is 2.72 bits per heavy atom. The minimum absolute atomic E-state index is 0.145. The fourth-order valence-corrected chi connectivity index (χ4v) is 4.86. The molecule has 1 aliphatic rings. The molecule has 4 nitrogen and oxygen atoms in total. The van der Waals surface area contributed by atoms with E-state index in [0.717, 1.165) is 26.9 Å². The van der Waals surface area contributed by atoms with Gasteiger partial charge in [-0.05, 0) is 54.4 Å². The number of amides is 1. The smallest absolute Gasteiger partial charge is 0.280 e.